The number of hydrogen-bond donors (Lipinski definition) is 1. The molecule has 0 bridgehead atoms. The smallest absolute Gasteiger partial charge is 0.165 e. The first-order valence-corrected chi connectivity index (χ1v) is 7.57. The summed E-state index contributed by atoms with van der Waals surface area (Å²) in [6.45, 7) is 4.35. The summed E-state index contributed by atoms with van der Waals surface area (Å²) >= 11 is 9.37. The van der Waals surface area contributed by atoms with Gasteiger partial charge in [-0.2, -0.15) is 0 Å². The SMILES string of the molecule is CCCN(CCO)CCC(=O)c1ccc(Br)cc1Cl. The van der Waals surface area contributed by atoms with Gasteiger partial charge in [0.1, 0.15) is 0 Å². The zero-order chi connectivity index (χ0) is 14.3. The van der Waals surface area contributed by atoms with Gasteiger partial charge in [-0.15, -0.1) is 0 Å². The average Bonchev–Trinajstić information content (AvgIpc) is 2.36. The van der Waals surface area contributed by atoms with E-state index < -0.39 is 0 Å². The van der Waals surface area contributed by atoms with Crippen LogP contribution in [0, 0.1) is 0 Å². The summed E-state index contributed by atoms with van der Waals surface area (Å²) in [5.74, 6) is 0.0385. The number of ketones is 1. The van der Waals surface area contributed by atoms with Crippen molar-refractivity contribution in [2.24, 2.45) is 0 Å². The van der Waals surface area contributed by atoms with E-state index in [0.717, 1.165) is 17.4 Å². The van der Waals surface area contributed by atoms with E-state index in [9.17, 15) is 4.79 Å². The predicted molar refractivity (Wildman–Crippen MR) is 81.9 cm³/mol. The molecule has 0 amide bonds. The van der Waals surface area contributed by atoms with Gasteiger partial charge in [0.25, 0.3) is 0 Å². The molecule has 0 aliphatic heterocycles. The topological polar surface area (TPSA) is 40.5 Å². The molecule has 0 saturated carbocycles. The third kappa shape index (κ3) is 5.61. The highest BCUT2D eigenvalue weighted by molar-refractivity contribution is 9.10. The lowest BCUT2D eigenvalue weighted by atomic mass is 10.1. The number of aliphatic hydroxyl groups is 1. The molecular weight excluding hydrogens is 330 g/mol. The first-order valence-electron chi connectivity index (χ1n) is 6.40. The highest BCUT2D eigenvalue weighted by atomic mass is 79.9. The lowest BCUT2D eigenvalue weighted by molar-refractivity contribution is 0.0957. The number of benzene rings is 1. The highest BCUT2D eigenvalue weighted by Gasteiger charge is 2.12. The van der Waals surface area contributed by atoms with Crippen LogP contribution < -0.4 is 0 Å². The fourth-order valence-corrected chi connectivity index (χ4v) is 2.68. The van der Waals surface area contributed by atoms with Crippen LogP contribution in [0.15, 0.2) is 22.7 Å². The Bertz CT molecular complexity index is 420. The molecule has 1 N–H and O–H groups in total. The largest absolute Gasteiger partial charge is 0.395 e. The Balaban J connectivity index is 2.58. The molecule has 0 atom stereocenters. The quantitative estimate of drug-likeness (QED) is 0.732. The van der Waals surface area contributed by atoms with Gasteiger partial charge in [0, 0.05) is 29.5 Å². The fraction of sp³-hybridized carbons (Fsp3) is 0.500. The fourth-order valence-electron chi connectivity index (χ4n) is 1.90. The maximum absolute atomic E-state index is 12.1. The number of hydrogen-bond acceptors (Lipinski definition) is 3. The summed E-state index contributed by atoms with van der Waals surface area (Å²) in [6.07, 6.45) is 1.43. The van der Waals surface area contributed by atoms with E-state index in [1.165, 1.54) is 0 Å². The molecule has 106 valence electrons. The third-order valence-electron chi connectivity index (χ3n) is 2.84. The van der Waals surface area contributed by atoms with Crippen LogP contribution in [0.4, 0.5) is 0 Å². The van der Waals surface area contributed by atoms with Crippen LogP contribution in [-0.4, -0.2) is 42.0 Å². The van der Waals surface area contributed by atoms with Crippen LogP contribution in [0.2, 0.25) is 5.02 Å². The summed E-state index contributed by atoms with van der Waals surface area (Å²) in [5, 5.41) is 9.44. The van der Waals surface area contributed by atoms with Crippen LogP contribution in [0.3, 0.4) is 0 Å². The molecule has 0 heterocycles. The molecule has 0 aromatic heterocycles. The molecule has 0 spiro atoms. The minimum absolute atomic E-state index is 0.0385. The molecule has 1 aromatic rings. The molecule has 19 heavy (non-hydrogen) atoms. The maximum Gasteiger partial charge on any atom is 0.165 e. The van der Waals surface area contributed by atoms with E-state index >= 15 is 0 Å². The molecule has 5 heteroatoms. The summed E-state index contributed by atoms with van der Waals surface area (Å²) < 4.78 is 0.863. The lowest BCUT2D eigenvalue weighted by Crippen LogP contribution is -2.30. The third-order valence-corrected chi connectivity index (χ3v) is 3.65. The van der Waals surface area contributed by atoms with Crippen LogP contribution >= 0.6 is 27.5 Å². The van der Waals surface area contributed by atoms with E-state index in [-0.39, 0.29) is 12.4 Å². The molecule has 3 nitrogen and oxygen atoms in total. The number of nitrogens with zero attached hydrogens (tertiary/aromatic N) is 1. The van der Waals surface area contributed by atoms with Crippen molar-refractivity contribution < 1.29 is 9.90 Å². The second-order valence-electron chi connectivity index (χ2n) is 4.36. The molecule has 1 rings (SSSR count). The van der Waals surface area contributed by atoms with Crippen molar-refractivity contribution in [2.45, 2.75) is 19.8 Å². The number of Topliss-reactive ketones (excluding diaryl/α,β-unsaturated/α-hetero) is 1. The minimum Gasteiger partial charge on any atom is -0.395 e. The second kappa shape index (κ2) is 8.69. The van der Waals surface area contributed by atoms with Crippen molar-refractivity contribution in [3.63, 3.8) is 0 Å². The molecule has 0 unspecified atom stereocenters. The van der Waals surface area contributed by atoms with Gasteiger partial charge in [0.2, 0.25) is 0 Å². The Morgan fingerprint density at radius 1 is 1.37 bits per heavy atom. The number of halogens is 2. The van der Waals surface area contributed by atoms with Crippen LogP contribution in [-0.2, 0) is 0 Å². The van der Waals surface area contributed by atoms with Gasteiger partial charge in [-0.1, -0.05) is 34.5 Å². The van der Waals surface area contributed by atoms with Crippen molar-refractivity contribution in [2.75, 3.05) is 26.2 Å². The standard InChI is InChI=1S/C14H19BrClNO2/c1-2-6-17(8-9-18)7-5-14(19)12-4-3-11(15)10-13(12)16/h3-4,10,18H,2,5-9H2,1H3. The van der Waals surface area contributed by atoms with Gasteiger partial charge >= 0.3 is 0 Å². The second-order valence-corrected chi connectivity index (χ2v) is 5.69. The van der Waals surface area contributed by atoms with Gasteiger partial charge in [0.05, 0.1) is 11.6 Å². The zero-order valence-corrected chi connectivity index (χ0v) is 13.4. The molecule has 0 aliphatic rings. The molecule has 0 aliphatic carbocycles. The minimum atomic E-state index is 0.0385. The number of carbonyl (C=O) groups excluding carboxylic acids is 1. The Morgan fingerprint density at radius 2 is 2.11 bits per heavy atom. The van der Waals surface area contributed by atoms with Crippen LogP contribution in [0.1, 0.15) is 30.1 Å². The molecule has 0 fully saturated rings. The van der Waals surface area contributed by atoms with Crippen LogP contribution in [0.25, 0.3) is 0 Å². The van der Waals surface area contributed by atoms with Crippen molar-refractivity contribution in [3.8, 4) is 0 Å². The Kier molecular flexibility index (Phi) is 7.61. The van der Waals surface area contributed by atoms with Crippen LogP contribution in [0.5, 0.6) is 0 Å². The van der Waals surface area contributed by atoms with Crippen molar-refractivity contribution >= 4 is 33.3 Å². The Labute approximate surface area is 127 Å². The predicted octanol–water partition coefficient (Wildman–Crippen LogP) is 3.38. The zero-order valence-electron chi connectivity index (χ0n) is 11.0. The van der Waals surface area contributed by atoms with E-state index in [1.54, 1.807) is 12.1 Å². The number of aliphatic hydroxyl groups excluding tert-OH is 1. The van der Waals surface area contributed by atoms with Gasteiger partial charge in [-0.05, 0) is 31.2 Å². The molecular formula is C14H19BrClNO2. The first kappa shape index (κ1) is 16.6. The van der Waals surface area contributed by atoms with Crippen molar-refractivity contribution in [1.82, 2.24) is 4.90 Å². The van der Waals surface area contributed by atoms with Gasteiger partial charge in [0.15, 0.2) is 5.78 Å². The summed E-state index contributed by atoms with van der Waals surface area (Å²) in [5.41, 5.74) is 0.560. The monoisotopic (exact) mass is 347 g/mol. The Morgan fingerprint density at radius 3 is 2.68 bits per heavy atom. The van der Waals surface area contributed by atoms with E-state index in [4.69, 9.17) is 16.7 Å². The van der Waals surface area contributed by atoms with Crippen molar-refractivity contribution in [3.05, 3.63) is 33.3 Å². The Hall–Kier alpha value is -0.420. The van der Waals surface area contributed by atoms with Crippen molar-refractivity contribution in [1.29, 1.82) is 0 Å². The van der Waals surface area contributed by atoms with E-state index in [2.05, 4.69) is 27.8 Å². The molecule has 0 radical (unpaired) electrons. The summed E-state index contributed by atoms with van der Waals surface area (Å²) in [4.78, 5) is 14.2. The normalized spacial score (nSPS) is 11.0. The average molecular weight is 349 g/mol. The first-order chi connectivity index (χ1) is 9.08. The maximum atomic E-state index is 12.1. The van der Waals surface area contributed by atoms with Gasteiger partial charge < -0.3 is 10.0 Å². The number of rotatable bonds is 8. The highest BCUT2D eigenvalue weighted by Crippen LogP contribution is 2.22. The molecule has 1 aromatic carbocycles. The molecule has 0 saturated heterocycles. The van der Waals surface area contributed by atoms with Gasteiger partial charge in [-0.3, -0.25) is 4.79 Å². The number of carbonyl (C=O) groups is 1. The van der Waals surface area contributed by atoms with E-state index in [1.807, 2.05) is 6.07 Å². The van der Waals surface area contributed by atoms with Gasteiger partial charge in [-0.25, -0.2) is 0 Å². The summed E-state index contributed by atoms with van der Waals surface area (Å²) in [6, 6.07) is 5.29. The lowest BCUT2D eigenvalue weighted by Gasteiger charge is -2.20. The van der Waals surface area contributed by atoms with E-state index in [0.29, 0.717) is 30.1 Å². The summed E-state index contributed by atoms with van der Waals surface area (Å²) in [7, 11) is 0.